The van der Waals surface area contributed by atoms with Gasteiger partial charge in [0.2, 0.25) is 0 Å². The number of pyridine rings is 1. The van der Waals surface area contributed by atoms with Crippen LogP contribution in [0.25, 0.3) is 10.9 Å². The first-order valence-corrected chi connectivity index (χ1v) is 5.49. The minimum Gasteiger partial charge on any atom is -0.349 e. The van der Waals surface area contributed by atoms with E-state index < -0.39 is 0 Å². The minimum absolute atomic E-state index is 0.0149. The molecule has 3 heteroatoms. The van der Waals surface area contributed by atoms with Gasteiger partial charge in [0.1, 0.15) is 0 Å². The summed E-state index contributed by atoms with van der Waals surface area (Å²) in [5.74, 6) is 0.0149. The molecule has 0 saturated heterocycles. The van der Waals surface area contributed by atoms with E-state index in [9.17, 15) is 4.79 Å². The Hall–Kier alpha value is -1.90. The number of amides is 1. The van der Waals surface area contributed by atoms with Crippen molar-refractivity contribution in [3.8, 4) is 0 Å². The normalized spacial score (nSPS) is 15.0. The van der Waals surface area contributed by atoms with Crippen LogP contribution >= 0.6 is 0 Å². The maximum absolute atomic E-state index is 12.0. The molecule has 1 heterocycles. The summed E-state index contributed by atoms with van der Waals surface area (Å²) in [5.41, 5.74) is 1.59. The molecule has 0 unspecified atom stereocenters. The maximum atomic E-state index is 12.0. The van der Waals surface area contributed by atoms with Crippen molar-refractivity contribution in [1.82, 2.24) is 10.3 Å². The molecule has 1 N–H and O–H groups in total. The molecule has 3 nitrogen and oxygen atoms in total. The molecule has 1 aromatic carbocycles. The Balaban J connectivity index is 2.04. The fourth-order valence-corrected chi connectivity index (χ4v) is 1.79. The Morgan fingerprint density at radius 2 is 2.12 bits per heavy atom. The lowest BCUT2D eigenvalue weighted by atomic mass is 10.1. The fourth-order valence-electron chi connectivity index (χ4n) is 1.79. The van der Waals surface area contributed by atoms with Crippen LogP contribution in [0.3, 0.4) is 0 Å². The molecule has 16 heavy (non-hydrogen) atoms. The molecule has 0 aliphatic heterocycles. The third-order valence-corrected chi connectivity index (χ3v) is 2.80. The summed E-state index contributed by atoms with van der Waals surface area (Å²) >= 11 is 0. The number of aromatic nitrogens is 1. The summed E-state index contributed by atoms with van der Waals surface area (Å²) < 4.78 is 0. The van der Waals surface area contributed by atoms with Gasteiger partial charge in [-0.3, -0.25) is 9.78 Å². The van der Waals surface area contributed by atoms with Gasteiger partial charge >= 0.3 is 0 Å². The predicted molar refractivity (Wildman–Crippen MR) is 62.2 cm³/mol. The first kappa shape index (κ1) is 9.33. The first-order chi connectivity index (χ1) is 7.84. The van der Waals surface area contributed by atoms with Crippen LogP contribution in [0.1, 0.15) is 23.2 Å². The molecule has 1 fully saturated rings. The van der Waals surface area contributed by atoms with E-state index in [0.29, 0.717) is 6.04 Å². The molecule has 1 aromatic heterocycles. The van der Waals surface area contributed by atoms with E-state index in [-0.39, 0.29) is 5.91 Å². The number of fused-ring (bicyclic) bond motifs is 1. The minimum atomic E-state index is 0.0149. The summed E-state index contributed by atoms with van der Waals surface area (Å²) in [5, 5.41) is 3.92. The lowest BCUT2D eigenvalue weighted by Crippen LogP contribution is -2.25. The van der Waals surface area contributed by atoms with Crippen LogP contribution in [0.2, 0.25) is 0 Å². The summed E-state index contributed by atoms with van der Waals surface area (Å²) in [6.45, 7) is 0. The van der Waals surface area contributed by atoms with E-state index in [0.717, 1.165) is 29.3 Å². The molecular formula is C13H12N2O. The average molecular weight is 212 g/mol. The summed E-state index contributed by atoms with van der Waals surface area (Å²) in [6, 6.07) is 9.82. The van der Waals surface area contributed by atoms with Crippen LogP contribution in [0, 0.1) is 0 Å². The molecule has 0 spiro atoms. The van der Waals surface area contributed by atoms with Crippen LogP contribution in [0.15, 0.2) is 36.5 Å². The zero-order chi connectivity index (χ0) is 11.0. The third-order valence-electron chi connectivity index (χ3n) is 2.80. The highest BCUT2D eigenvalue weighted by Gasteiger charge is 2.24. The zero-order valence-electron chi connectivity index (χ0n) is 8.81. The SMILES string of the molecule is O=C(NC1CC1)c1cccc2ncccc12. The second-order valence-electron chi connectivity index (χ2n) is 4.12. The second kappa shape index (κ2) is 3.59. The van der Waals surface area contributed by atoms with Crippen molar-refractivity contribution in [2.45, 2.75) is 18.9 Å². The van der Waals surface area contributed by atoms with Gasteiger partial charge in [-0.2, -0.15) is 0 Å². The summed E-state index contributed by atoms with van der Waals surface area (Å²) in [6.07, 6.45) is 3.95. The number of nitrogens with zero attached hydrogens (tertiary/aromatic N) is 1. The summed E-state index contributed by atoms with van der Waals surface area (Å²) in [7, 11) is 0. The molecule has 3 rings (SSSR count). The highest BCUT2D eigenvalue weighted by molar-refractivity contribution is 6.06. The fraction of sp³-hybridized carbons (Fsp3) is 0.231. The standard InChI is InChI=1S/C13H12N2O/c16-13(15-9-6-7-9)11-3-1-5-12-10(11)4-2-8-14-12/h1-5,8-9H,6-7H2,(H,15,16). The van der Waals surface area contributed by atoms with Gasteiger partial charge in [0.25, 0.3) is 5.91 Å². The van der Waals surface area contributed by atoms with Gasteiger partial charge < -0.3 is 5.32 Å². The van der Waals surface area contributed by atoms with Crippen molar-refractivity contribution >= 4 is 16.8 Å². The lowest BCUT2D eigenvalue weighted by Gasteiger charge is -2.06. The van der Waals surface area contributed by atoms with Crippen LogP contribution in [-0.2, 0) is 0 Å². The van der Waals surface area contributed by atoms with Gasteiger partial charge in [0.15, 0.2) is 0 Å². The molecule has 1 saturated carbocycles. The Morgan fingerprint density at radius 1 is 1.25 bits per heavy atom. The molecular weight excluding hydrogens is 200 g/mol. The number of carbonyl (C=O) groups is 1. The molecule has 1 aliphatic carbocycles. The average Bonchev–Trinajstić information content (AvgIpc) is 3.12. The molecule has 1 amide bonds. The number of benzene rings is 1. The van der Waals surface area contributed by atoms with E-state index in [1.807, 2.05) is 30.3 Å². The first-order valence-electron chi connectivity index (χ1n) is 5.49. The van der Waals surface area contributed by atoms with Gasteiger partial charge in [-0.1, -0.05) is 12.1 Å². The van der Waals surface area contributed by atoms with E-state index in [4.69, 9.17) is 0 Å². The number of nitrogens with one attached hydrogen (secondary N) is 1. The van der Waals surface area contributed by atoms with Gasteiger partial charge in [0.05, 0.1) is 5.52 Å². The van der Waals surface area contributed by atoms with Gasteiger partial charge in [0, 0.05) is 23.2 Å². The highest BCUT2D eigenvalue weighted by atomic mass is 16.1. The quantitative estimate of drug-likeness (QED) is 0.828. The van der Waals surface area contributed by atoms with Crippen molar-refractivity contribution in [2.24, 2.45) is 0 Å². The Bertz CT molecular complexity index is 541. The van der Waals surface area contributed by atoms with E-state index in [2.05, 4.69) is 10.3 Å². The summed E-state index contributed by atoms with van der Waals surface area (Å²) in [4.78, 5) is 16.2. The van der Waals surface area contributed by atoms with Gasteiger partial charge in [-0.25, -0.2) is 0 Å². The second-order valence-corrected chi connectivity index (χ2v) is 4.12. The van der Waals surface area contributed by atoms with Crippen molar-refractivity contribution in [2.75, 3.05) is 0 Å². The molecule has 0 radical (unpaired) electrons. The molecule has 2 aromatic rings. The Kier molecular flexibility index (Phi) is 2.10. The Labute approximate surface area is 93.5 Å². The van der Waals surface area contributed by atoms with E-state index in [1.54, 1.807) is 6.20 Å². The number of hydrogen-bond donors (Lipinski definition) is 1. The van der Waals surface area contributed by atoms with Crippen LogP contribution in [0.4, 0.5) is 0 Å². The van der Waals surface area contributed by atoms with E-state index >= 15 is 0 Å². The van der Waals surface area contributed by atoms with Crippen molar-refractivity contribution in [3.05, 3.63) is 42.1 Å². The number of rotatable bonds is 2. The molecule has 0 bridgehead atoms. The molecule has 80 valence electrons. The maximum Gasteiger partial charge on any atom is 0.252 e. The monoisotopic (exact) mass is 212 g/mol. The van der Waals surface area contributed by atoms with Crippen molar-refractivity contribution in [3.63, 3.8) is 0 Å². The topological polar surface area (TPSA) is 42.0 Å². The zero-order valence-corrected chi connectivity index (χ0v) is 8.81. The lowest BCUT2D eigenvalue weighted by molar-refractivity contribution is 0.0952. The van der Waals surface area contributed by atoms with Crippen LogP contribution in [-0.4, -0.2) is 16.9 Å². The van der Waals surface area contributed by atoms with Gasteiger partial charge in [-0.15, -0.1) is 0 Å². The van der Waals surface area contributed by atoms with Gasteiger partial charge in [-0.05, 0) is 31.0 Å². The predicted octanol–water partition coefficient (Wildman–Crippen LogP) is 2.13. The third kappa shape index (κ3) is 1.65. The van der Waals surface area contributed by atoms with Crippen LogP contribution < -0.4 is 5.32 Å². The van der Waals surface area contributed by atoms with Crippen molar-refractivity contribution < 1.29 is 4.79 Å². The van der Waals surface area contributed by atoms with Crippen LogP contribution in [0.5, 0.6) is 0 Å². The number of carbonyl (C=O) groups excluding carboxylic acids is 1. The molecule has 0 atom stereocenters. The largest absolute Gasteiger partial charge is 0.349 e. The highest BCUT2D eigenvalue weighted by Crippen LogP contribution is 2.21. The van der Waals surface area contributed by atoms with E-state index in [1.165, 1.54) is 0 Å². The van der Waals surface area contributed by atoms with Crippen molar-refractivity contribution in [1.29, 1.82) is 0 Å². The number of hydrogen-bond acceptors (Lipinski definition) is 2. The Morgan fingerprint density at radius 3 is 2.94 bits per heavy atom. The smallest absolute Gasteiger partial charge is 0.252 e. The molecule has 1 aliphatic rings.